The van der Waals surface area contributed by atoms with Crippen LogP contribution in [-0.4, -0.2) is 44.7 Å². The molecule has 2 rings (SSSR count). The van der Waals surface area contributed by atoms with Crippen LogP contribution in [0.5, 0.6) is 0 Å². The van der Waals surface area contributed by atoms with Gasteiger partial charge in [0.25, 0.3) is 5.69 Å². The highest BCUT2D eigenvalue weighted by Gasteiger charge is 2.56. The number of nitrogens with zero attached hydrogens (tertiary/aromatic N) is 2. The number of rotatable bonds is 3. The van der Waals surface area contributed by atoms with E-state index in [4.69, 9.17) is 9.47 Å². The van der Waals surface area contributed by atoms with Gasteiger partial charge in [-0.2, -0.15) is 0 Å². The van der Waals surface area contributed by atoms with Gasteiger partial charge in [-0.15, -0.1) is 0 Å². The van der Waals surface area contributed by atoms with Crippen molar-refractivity contribution in [1.29, 1.82) is 0 Å². The number of fused-ring (bicyclic) bond motifs is 1. The molecule has 21 heavy (non-hydrogen) atoms. The number of nitro benzene ring substituents is 1. The monoisotopic (exact) mass is 294 g/mol. The van der Waals surface area contributed by atoms with Gasteiger partial charge >= 0.3 is 11.9 Å². The van der Waals surface area contributed by atoms with Crippen molar-refractivity contribution in [1.82, 2.24) is 0 Å². The van der Waals surface area contributed by atoms with Crippen molar-refractivity contribution in [3.8, 4) is 0 Å². The second kappa shape index (κ2) is 5.04. The average Bonchev–Trinajstić information content (AvgIpc) is 2.79. The molecule has 0 aliphatic carbocycles. The van der Waals surface area contributed by atoms with Crippen molar-refractivity contribution in [3.63, 3.8) is 0 Å². The fourth-order valence-electron chi connectivity index (χ4n) is 2.62. The zero-order valence-electron chi connectivity index (χ0n) is 11.8. The lowest BCUT2D eigenvalue weighted by Gasteiger charge is -2.23. The lowest BCUT2D eigenvalue weighted by atomic mass is 9.82. The molecule has 8 nitrogen and oxygen atoms in total. The number of non-ortho nitro benzene ring substituents is 1. The second-order valence-electron chi connectivity index (χ2n) is 4.70. The fraction of sp³-hybridized carbons (Fsp3) is 0.385. The molecule has 0 fully saturated rings. The number of likely N-dealkylation sites (N-methyl/N-ethyl adjacent to an activating group) is 1. The minimum absolute atomic E-state index is 0.00283. The first-order valence-corrected chi connectivity index (χ1v) is 6.05. The van der Waals surface area contributed by atoms with E-state index in [1.807, 2.05) is 0 Å². The van der Waals surface area contributed by atoms with Crippen LogP contribution in [0.15, 0.2) is 18.2 Å². The molecule has 0 unspecified atom stereocenters. The molecule has 1 aromatic carbocycles. The van der Waals surface area contributed by atoms with Crippen molar-refractivity contribution in [3.05, 3.63) is 33.9 Å². The number of anilines is 1. The van der Waals surface area contributed by atoms with Crippen molar-refractivity contribution in [2.75, 3.05) is 32.7 Å². The Morgan fingerprint density at radius 2 is 1.86 bits per heavy atom. The Morgan fingerprint density at radius 1 is 1.29 bits per heavy atom. The number of carbonyl (C=O) groups excluding carboxylic acids is 2. The number of ether oxygens (including phenoxy) is 2. The van der Waals surface area contributed by atoms with Crippen LogP contribution < -0.4 is 4.90 Å². The SMILES string of the molecule is COC(=O)C1(C(=O)OC)CN(C)c2cc([N+](=O)[O-])ccc21. The maximum absolute atomic E-state index is 12.2. The van der Waals surface area contributed by atoms with Crippen LogP contribution in [0.4, 0.5) is 11.4 Å². The van der Waals surface area contributed by atoms with E-state index in [0.29, 0.717) is 11.3 Å². The average molecular weight is 294 g/mol. The van der Waals surface area contributed by atoms with Crippen LogP contribution in [-0.2, 0) is 24.5 Å². The van der Waals surface area contributed by atoms with Gasteiger partial charge in [0, 0.05) is 37.0 Å². The standard InChI is InChI=1S/C13H14N2O6/c1-14-7-13(11(16)20-2,12(17)21-3)9-5-4-8(15(18)19)6-10(9)14/h4-6H,7H2,1-3H3. The molecule has 0 aromatic heterocycles. The first-order chi connectivity index (χ1) is 9.88. The van der Waals surface area contributed by atoms with E-state index in [1.54, 1.807) is 11.9 Å². The lowest BCUT2D eigenvalue weighted by molar-refractivity contribution is -0.384. The Balaban J connectivity index is 2.67. The van der Waals surface area contributed by atoms with Gasteiger partial charge in [-0.05, 0) is 6.07 Å². The van der Waals surface area contributed by atoms with Crippen LogP contribution in [0, 0.1) is 10.1 Å². The van der Waals surface area contributed by atoms with Crippen LogP contribution in [0.2, 0.25) is 0 Å². The van der Waals surface area contributed by atoms with E-state index in [0.717, 1.165) is 0 Å². The highest BCUT2D eigenvalue weighted by Crippen LogP contribution is 2.43. The van der Waals surface area contributed by atoms with E-state index < -0.39 is 22.3 Å². The third kappa shape index (κ3) is 1.99. The number of hydrogen-bond acceptors (Lipinski definition) is 7. The summed E-state index contributed by atoms with van der Waals surface area (Å²) in [6.07, 6.45) is 0. The molecule has 0 N–H and O–H groups in total. The first kappa shape index (κ1) is 14.8. The van der Waals surface area contributed by atoms with Crippen LogP contribution in [0.1, 0.15) is 5.56 Å². The van der Waals surface area contributed by atoms with Crippen molar-refractivity contribution in [2.24, 2.45) is 0 Å². The Labute approximate surface area is 120 Å². The van der Waals surface area contributed by atoms with E-state index in [-0.39, 0.29) is 12.2 Å². The van der Waals surface area contributed by atoms with Crippen LogP contribution >= 0.6 is 0 Å². The summed E-state index contributed by atoms with van der Waals surface area (Å²) >= 11 is 0. The number of benzene rings is 1. The first-order valence-electron chi connectivity index (χ1n) is 6.05. The molecule has 0 spiro atoms. The number of carbonyl (C=O) groups is 2. The van der Waals surface area contributed by atoms with Crippen LogP contribution in [0.3, 0.4) is 0 Å². The number of hydrogen-bond donors (Lipinski definition) is 0. The maximum atomic E-state index is 12.2. The Kier molecular flexibility index (Phi) is 3.54. The third-order valence-electron chi connectivity index (χ3n) is 3.61. The highest BCUT2D eigenvalue weighted by atomic mass is 16.6. The highest BCUT2D eigenvalue weighted by molar-refractivity contribution is 6.10. The van der Waals surface area contributed by atoms with E-state index in [9.17, 15) is 19.7 Å². The quantitative estimate of drug-likeness (QED) is 0.349. The van der Waals surface area contributed by atoms with E-state index in [1.165, 1.54) is 32.4 Å². The van der Waals surface area contributed by atoms with Gasteiger partial charge in [-0.25, -0.2) is 0 Å². The molecule has 0 bridgehead atoms. The van der Waals surface area contributed by atoms with E-state index in [2.05, 4.69) is 0 Å². The smallest absolute Gasteiger partial charge is 0.329 e. The second-order valence-corrected chi connectivity index (χ2v) is 4.70. The van der Waals surface area contributed by atoms with Gasteiger partial charge in [0.1, 0.15) is 0 Å². The minimum Gasteiger partial charge on any atom is -0.468 e. The zero-order chi connectivity index (χ0) is 15.8. The van der Waals surface area contributed by atoms with Gasteiger partial charge in [-0.3, -0.25) is 19.7 Å². The van der Waals surface area contributed by atoms with Gasteiger partial charge in [0.2, 0.25) is 5.41 Å². The molecule has 1 heterocycles. The van der Waals surface area contributed by atoms with Gasteiger partial charge in [0.05, 0.1) is 19.1 Å². The molecule has 0 saturated heterocycles. The predicted molar refractivity (Wildman–Crippen MR) is 72.1 cm³/mol. The summed E-state index contributed by atoms with van der Waals surface area (Å²) in [6.45, 7) is 0.00283. The molecule has 112 valence electrons. The van der Waals surface area contributed by atoms with Crippen molar-refractivity contribution < 1.29 is 24.0 Å². The van der Waals surface area contributed by atoms with E-state index >= 15 is 0 Å². The molecule has 0 atom stereocenters. The normalized spacial score (nSPS) is 15.3. The molecular weight excluding hydrogens is 280 g/mol. The summed E-state index contributed by atoms with van der Waals surface area (Å²) in [4.78, 5) is 36.3. The van der Waals surface area contributed by atoms with Gasteiger partial charge in [-0.1, -0.05) is 0 Å². The molecule has 1 aromatic rings. The number of nitro groups is 1. The predicted octanol–water partition coefficient (Wildman–Crippen LogP) is 0.628. The third-order valence-corrected chi connectivity index (χ3v) is 3.61. The van der Waals surface area contributed by atoms with Crippen molar-refractivity contribution >= 4 is 23.3 Å². The summed E-state index contributed by atoms with van der Waals surface area (Å²) in [5.74, 6) is -1.51. The van der Waals surface area contributed by atoms with Gasteiger partial charge < -0.3 is 14.4 Å². The zero-order valence-corrected chi connectivity index (χ0v) is 11.8. The summed E-state index contributed by atoms with van der Waals surface area (Å²) < 4.78 is 9.49. The molecule has 0 radical (unpaired) electrons. The van der Waals surface area contributed by atoms with Crippen LogP contribution in [0.25, 0.3) is 0 Å². The topological polar surface area (TPSA) is 99.0 Å². The molecular formula is C13H14N2O6. The minimum atomic E-state index is -1.62. The summed E-state index contributed by atoms with van der Waals surface area (Å²) in [5.41, 5.74) is -0.969. The largest absolute Gasteiger partial charge is 0.468 e. The molecule has 8 heteroatoms. The summed E-state index contributed by atoms with van der Waals surface area (Å²) in [6, 6.07) is 3.96. The molecule has 1 aliphatic heterocycles. The molecule has 0 amide bonds. The summed E-state index contributed by atoms with van der Waals surface area (Å²) in [7, 11) is 3.99. The molecule has 1 aliphatic rings. The molecule has 0 saturated carbocycles. The van der Waals surface area contributed by atoms with Gasteiger partial charge in [0.15, 0.2) is 0 Å². The summed E-state index contributed by atoms with van der Waals surface area (Å²) in [5, 5.41) is 10.9. The lowest BCUT2D eigenvalue weighted by Crippen LogP contribution is -2.48. The Morgan fingerprint density at radius 3 is 2.33 bits per heavy atom. The maximum Gasteiger partial charge on any atom is 0.329 e. The number of methoxy groups -OCH3 is 2. The number of esters is 2. The Hall–Kier alpha value is -2.64. The fourth-order valence-corrected chi connectivity index (χ4v) is 2.62. The van der Waals surface area contributed by atoms with Crippen molar-refractivity contribution in [2.45, 2.75) is 5.41 Å². The Bertz CT molecular complexity index is 611.